The summed E-state index contributed by atoms with van der Waals surface area (Å²) in [5.41, 5.74) is 0. The highest BCUT2D eigenvalue weighted by atomic mass is 16.3. The van der Waals surface area contributed by atoms with Crippen LogP contribution < -0.4 is 5.32 Å². The van der Waals surface area contributed by atoms with Crippen molar-refractivity contribution >= 4 is 5.91 Å². The van der Waals surface area contributed by atoms with E-state index in [0.717, 1.165) is 32.5 Å². The van der Waals surface area contributed by atoms with Crippen LogP contribution in [-0.4, -0.2) is 48.2 Å². The number of nitrogens with one attached hydrogen (secondary N) is 1. The van der Waals surface area contributed by atoms with Gasteiger partial charge in [-0.25, -0.2) is 0 Å². The molecule has 1 amide bonds. The van der Waals surface area contributed by atoms with Crippen LogP contribution in [0.3, 0.4) is 0 Å². The van der Waals surface area contributed by atoms with Crippen LogP contribution in [0, 0.1) is 5.92 Å². The molecule has 2 heterocycles. The average Bonchev–Trinajstić information content (AvgIpc) is 2.47. The molecule has 2 aliphatic rings. The van der Waals surface area contributed by atoms with E-state index < -0.39 is 0 Å². The SMILES string of the molecule is O=C(C1CNC1)N1CCC[C@H]1CO. The summed E-state index contributed by atoms with van der Waals surface area (Å²) in [6, 6.07) is 0.0908. The van der Waals surface area contributed by atoms with E-state index in [9.17, 15) is 4.79 Å². The molecule has 74 valence electrons. The zero-order chi connectivity index (χ0) is 9.26. The van der Waals surface area contributed by atoms with Gasteiger partial charge in [0.05, 0.1) is 18.6 Å². The van der Waals surface area contributed by atoms with Gasteiger partial charge in [-0.1, -0.05) is 0 Å². The Bertz CT molecular complexity index is 204. The third-order valence-electron chi connectivity index (χ3n) is 3.00. The van der Waals surface area contributed by atoms with Gasteiger partial charge in [0.25, 0.3) is 0 Å². The van der Waals surface area contributed by atoms with Crippen molar-refractivity contribution in [2.24, 2.45) is 5.92 Å². The van der Waals surface area contributed by atoms with E-state index >= 15 is 0 Å². The molecule has 0 saturated carbocycles. The average molecular weight is 184 g/mol. The largest absolute Gasteiger partial charge is 0.394 e. The fraction of sp³-hybridized carbons (Fsp3) is 0.889. The van der Waals surface area contributed by atoms with E-state index in [1.165, 1.54) is 0 Å². The maximum Gasteiger partial charge on any atom is 0.228 e. The van der Waals surface area contributed by atoms with E-state index in [2.05, 4.69) is 5.32 Å². The molecule has 0 aromatic heterocycles. The van der Waals surface area contributed by atoms with Crippen LogP contribution in [0.2, 0.25) is 0 Å². The van der Waals surface area contributed by atoms with Crippen molar-refractivity contribution in [1.82, 2.24) is 10.2 Å². The third kappa shape index (κ3) is 1.56. The smallest absolute Gasteiger partial charge is 0.228 e. The van der Waals surface area contributed by atoms with Gasteiger partial charge in [0, 0.05) is 19.6 Å². The lowest BCUT2D eigenvalue weighted by Crippen LogP contribution is -2.53. The van der Waals surface area contributed by atoms with E-state index in [1.54, 1.807) is 0 Å². The second kappa shape index (κ2) is 3.64. The van der Waals surface area contributed by atoms with Gasteiger partial charge in [0.1, 0.15) is 0 Å². The summed E-state index contributed by atoms with van der Waals surface area (Å²) < 4.78 is 0. The first-order valence-corrected chi connectivity index (χ1v) is 4.95. The molecular weight excluding hydrogens is 168 g/mol. The van der Waals surface area contributed by atoms with Crippen LogP contribution in [0.5, 0.6) is 0 Å². The van der Waals surface area contributed by atoms with Gasteiger partial charge >= 0.3 is 0 Å². The van der Waals surface area contributed by atoms with Crippen molar-refractivity contribution in [3.8, 4) is 0 Å². The molecule has 0 aliphatic carbocycles. The Labute approximate surface area is 77.9 Å². The highest BCUT2D eigenvalue weighted by molar-refractivity contribution is 5.80. The van der Waals surface area contributed by atoms with Crippen molar-refractivity contribution in [3.63, 3.8) is 0 Å². The molecule has 13 heavy (non-hydrogen) atoms. The van der Waals surface area contributed by atoms with Crippen molar-refractivity contribution in [3.05, 3.63) is 0 Å². The number of hydrogen-bond acceptors (Lipinski definition) is 3. The first-order valence-electron chi connectivity index (χ1n) is 4.95. The monoisotopic (exact) mass is 184 g/mol. The maximum absolute atomic E-state index is 11.8. The lowest BCUT2D eigenvalue weighted by molar-refractivity contribution is -0.138. The molecule has 2 rings (SSSR count). The summed E-state index contributed by atoms with van der Waals surface area (Å²) >= 11 is 0. The molecule has 2 saturated heterocycles. The highest BCUT2D eigenvalue weighted by Crippen LogP contribution is 2.20. The van der Waals surface area contributed by atoms with Crippen molar-refractivity contribution in [1.29, 1.82) is 0 Å². The van der Waals surface area contributed by atoms with Crippen LogP contribution in [0.4, 0.5) is 0 Å². The zero-order valence-corrected chi connectivity index (χ0v) is 7.70. The molecule has 0 spiro atoms. The van der Waals surface area contributed by atoms with Crippen molar-refractivity contribution in [2.75, 3.05) is 26.2 Å². The molecular formula is C9H16N2O2. The zero-order valence-electron chi connectivity index (χ0n) is 7.70. The lowest BCUT2D eigenvalue weighted by Gasteiger charge is -2.32. The predicted octanol–water partition coefficient (Wildman–Crippen LogP) is -0.811. The van der Waals surface area contributed by atoms with E-state index in [1.807, 2.05) is 4.90 Å². The van der Waals surface area contributed by atoms with Crippen LogP contribution in [0.25, 0.3) is 0 Å². The van der Waals surface area contributed by atoms with E-state index in [-0.39, 0.29) is 24.5 Å². The highest BCUT2D eigenvalue weighted by Gasteiger charge is 2.34. The number of carbonyl (C=O) groups excluding carboxylic acids is 1. The Kier molecular flexibility index (Phi) is 2.51. The first-order chi connectivity index (χ1) is 6.33. The number of nitrogens with zero attached hydrogens (tertiary/aromatic N) is 1. The van der Waals surface area contributed by atoms with Crippen LogP contribution >= 0.6 is 0 Å². The number of rotatable bonds is 2. The molecule has 2 fully saturated rings. The van der Waals surface area contributed by atoms with Crippen LogP contribution in [-0.2, 0) is 4.79 Å². The predicted molar refractivity (Wildman–Crippen MR) is 48.2 cm³/mol. The Balaban J connectivity index is 1.94. The normalized spacial score (nSPS) is 29.0. The molecule has 0 bridgehead atoms. The standard InChI is InChI=1S/C9H16N2O2/c12-6-8-2-1-3-11(8)9(13)7-4-10-5-7/h7-8,10,12H,1-6H2/t8-/m0/s1. The summed E-state index contributed by atoms with van der Waals surface area (Å²) in [6.07, 6.45) is 2.00. The summed E-state index contributed by atoms with van der Waals surface area (Å²) in [5.74, 6) is 0.405. The Morgan fingerprint density at radius 1 is 1.54 bits per heavy atom. The van der Waals surface area contributed by atoms with Crippen molar-refractivity contribution < 1.29 is 9.90 Å². The molecule has 4 nitrogen and oxygen atoms in total. The van der Waals surface area contributed by atoms with Gasteiger partial charge in [-0.2, -0.15) is 0 Å². The molecule has 0 unspecified atom stereocenters. The number of aliphatic hydroxyl groups is 1. The Hall–Kier alpha value is -0.610. The number of amides is 1. The summed E-state index contributed by atoms with van der Waals surface area (Å²) in [7, 11) is 0. The minimum Gasteiger partial charge on any atom is -0.394 e. The van der Waals surface area contributed by atoms with Gasteiger partial charge in [0.2, 0.25) is 5.91 Å². The maximum atomic E-state index is 11.8. The number of aliphatic hydroxyl groups excluding tert-OH is 1. The number of hydrogen-bond donors (Lipinski definition) is 2. The second-order valence-corrected chi connectivity index (χ2v) is 3.87. The number of likely N-dealkylation sites (tertiary alicyclic amines) is 1. The minimum atomic E-state index is 0.0908. The quantitative estimate of drug-likeness (QED) is 0.590. The van der Waals surface area contributed by atoms with Gasteiger partial charge in [-0.3, -0.25) is 4.79 Å². The molecule has 0 aromatic rings. The number of carbonyl (C=O) groups is 1. The van der Waals surface area contributed by atoms with E-state index in [4.69, 9.17) is 5.11 Å². The molecule has 2 N–H and O–H groups in total. The molecule has 1 atom stereocenters. The van der Waals surface area contributed by atoms with Crippen molar-refractivity contribution in [2.45, 2.75) is 18.9 Å². The van der Waals surface area contributed by atoms with Crippen LogP contribution in [0.1, 0.15) is 12.8 Å². The van der Waals surface area contributed by atoms with Gasteiger partial charge in [0.15, 0.2) is 0 Å². The Morgan fingerprint density at radius 3 is 2.85 bits per heavy atom. The third-order valence-corrected chi connectivity index (χ3v) is 3.00. The van der Waals surface area contributed by atoms with Gasteiger partial charge in [-0.05, 0) is 12.8 Å². The van der Waals surface area contributed by atoms with Gasteiger partial charge in [-0.15, -0.1) is 0 Å². The molecule has 0 radical (unpaired) electrons. The molecule has 0 aromatic carbocycles. The van der Waals surface area contributed by atoms with Crippen LogP contribution in [0.15, 0.2) is 0 Å². The lowest BCUT2D eigenvalue weighted by atomic mass is 10.0. The van der Waals surface area contributed by atoms with Gasteiger partial charge < -0.3 is 15.3 Å². The summed E-state index contributed by atoms with van der Waals surface area (Å²) in [4.78, 5) is 13.6. The fourth-order valence-corrected chi connectivity index (χ4v) is 2.01. The summed E-state index contributed by atoms with van der Waals surface area (Å²) in [5, 5.41) is 12.1. The molecule has 2 aliphatic heterocycles. The Morgan fingerprint density at radius 2 is 2.31 bits per heavy atom. The van der Waals surface area contributed by atoms with E-state index in [0.29, 0.717) is 0 Å². The summed E-state index contributed by atoms with van der Waals surface area (Å²) in [6.45, 7) is 2.58. The minimum absolute atomic E-state index is 0.0908. The first kappa shape index (κ1) is 8.97. The fourth-order valence-electron chi connectivity index (χ4n) is 2.01. The molecule has 4 heteroatoms. The topological polar surface area (TPSA) is 52.6 Å². The second-order valence-electron chi connectivity index (χ2n) is 3.87.